The topological polar surface area (TPSA) is 47.0 Å². The van der Waals surface area contributed by atoms with E-state index in [0.29, 0.717) is 5.28 Å². The summed E-state index contributed by atoms with van der Waals surface area (Å²) in [5.41, 5.74) is 0.0111. The Kier molecular flexibility index (Phi) is 3.84. The highest BCUT2D eigenvalue weighted by molar-refractivity contribution is 7.18. The molecule has 1 aliphatic heterocycles. The van der Waals surface area contributed by atoms with Gasteiger partial charge in [0.1, 0.15) is 10.6 Å². The monoisotopic (exact) mass is 311 g/mol. The third-order valence-electron chi connectivity index (χ3n) is 3.78. The number of aromatic nitrogens is 2. The minimum absolute atomic E-state index is 0.0111. The van der Waals surface area contributed by atoms with E-state index in [9.17, 15) is 0 Å². The van der Waals surface area contributed by atoms with Gasteiger partial charge in [0.2, 0.25) is 5.28 Å². The molecule has 108 valence electrons. The molecule has 0 radical (unpaired) electrons. The predicted molar refractivity (Wildman–Crippen MR) is 83.9 cm³/mol. The van der Waals surface area contributed by atoms with Crippen molar-refractivity contribution in [3.8, 4) is 0 Å². The van der Waals surface area contributed by atoms with Crippen LogP contribution >= 0.6 is 22.9 Å². The van der Waals surface area contributed by atoms with Crippen molar-refractivity contribution in [2.45, 2.75) is 38.6 Å². The molecule has 20 heavy (non-hydrogen) atoms. The van der Waals surface area contributed by atoms with Crippen LogP contribution in [0, 0.1) is 0 Å². The average molecular weight is 312 g/mol. The van der Waals surface area contributed by atoms with Gasteiger partial charge in [-0.1, -0.05) is 6.92 Å². The van der Waals surface area contributed by atoms with E-state index in [2.05, 4.69) is 35.2 Å². The third kappa shape index (κ3) is 2.75. The number of anilines is 1. The van der Waals surface area contributed by atoms with Crippen molar-refractivity contribution in [1.82, 2.24) is 9.97 Å². The van der Waals surface area contributed by atoms with Gasteiger partial charge < -0.3 is 10.1 Å². The Morgan fingerprint density at radius 1 is 1.40 bits per heavy atom. The summed E-state index contributed by atoms with van der Waals surface area (Å²) in [7, 11) is 0. The lowest BCUT2D eigenvalue weighted by atomic mass is 9.92. The van der Waals surface area contributed by atoms with Crippen molar-refractivity contribution in [1.29, 1.82) is 0 Å². The highest BCUT2D eigenvalue weighted by atomic mass is 35.5. The van der Waals surface area contributed by atoms with E-state index in [1.54, 1.807) is 11.3 Å². The molecule has 0 saturated carbocycles. The van der Waals surface area contributed by atoms with Crippen LogP contribution < -0.4 is 5.32 Å². The van der Waals surface area contributed by atoms with Crippen LogP contribution in [-0.4, -0.2) is 28.7 Å². The lowest BCUT2D eigenvalue weighted by Gasteiger charge is -2.35. The molecule has 2 aromatic heterocycles. The lowest BCUT2D eigenvalue weighted by Crippen LogP contribution is -2.40. The number of rotatable bonds is 3. The van der Waals surface area contributed by atoms with Crippen molar-refractivity contribution in [3.05, 3.63) is 16.2 Å². The summed E-state index contributed by atoms with van der Waals surface area (Å²) < 4.78 is 5.44. The number of thiophene rings is 1. The van der Waals surface area contributed by atoms with Gasteiger partial charge in [0.15, 0.2) is 0 Å². The van der Waals surface area contributed by atoms with Crippen LogP contribution in [0.1, 0.15) is 31.6 Å². The van der Waals surface area contributed by atoms with E-state index >= 15 is 0 Å². The third-order valence-corrected chi connectivity index (χ3v) is 5.12. The van der Waals surface area contributed by atoms with E-state index in [0.717, 1.165) is 48.5 Å². The van der Waals surface area contributed by atoms with Crippen LogP contribution in [0.5, 0.6) is 0 Å². The summed E-state index contributed by atoms with van der Waals surface area (Å²) in [4.78, 5) is 11.0. The first-order valence-corrected chi connectivity index (χ1v) is 8.11. The first kappa shape index (κ1) is 14.0. The van der Waals surface area contributed by atoms with Crippen LogP contribution in [0.2, 0.25) is 5.28 Å². The second kappa shape index (κ2) is 5.47. The molecule has 0 amide bonds. The normalized spacial score (nSPS) is 18.4. The molecule has 0 aromatic carbocycles. The summed E-state index contributed by atoms with van der Waals surface area (Å²) >= 11 is 7.75. The van der Waals surface area contributed by atoms with Crippen molar-refractivity contribution in [2.24, 2.45) is 0 Å². The minimum Gasteiger partial charge on any atom is -0.381 e. The van der Waals surface area contributed by atoms with Gasteiger partial charge in [-0.3, -0.25) is 0 Å². The average Bonchev–Trinajstić information content (AvgIpc) is 2.82. The van der Waals surface area contributed by atoms with E-state index in [4.69, 9.17) is 16.3 Å². The molecule has 4 nitrogen and oxygen atoms in total. The van der Waals surface area contributed by atoms with Gasteiger partial charge in [0.05, 0.1) is 5.39 Å². The molecular formula is C14H18ClN3OS. The number of nitrogens with zero attached hydrogens (tertiary/aromatic N) is 2. The molecule has 0 atom stereocenters. The minimum atomic E-state index is 0.0111. The zero-order valence-corrected chi connectivity index (χ0v) is 13.3. The smallest absolute Gasteiger partial charge is 0.225 e. The molecule has 3 rings (SSSR count). The van der Waals surface area contributed by atoms with Crippen LogP contribution in [0.15, 0.2) is 6.07 Å². The van der Waals surface area contributed by atoms with Crippen LogP contribution in [0.4, 0.5) is 5.82 Å². The van der Waals surface area contributed by atoms with Gasteiger partial charge >= 0.3 is 0 Å². The summed E-state index contributed by atoms with van der Waals surface area (Å²) in [6, 6.07) is 2.17. The van der Waals surface area contributed by atoms with Crippen LogP contribution in [-0.2, 0) is 11.2 Å². The SMILES string of the molecule is CCc1cc2c(NC3(C)CCOCC3)nc(Cl)nc2s1. The van der Waals surface area contributed by atoms with Gasteiger partial charge in [0, 0.05) is 23.6 Å². The second-order valence-corrected chi connectivity index (χ2v) is 6.88. The molecule has 1 N–H and O–H groups in total. The Balaban J connectivity index is 1.99. The van der Waals surface area contributed by atoms with Gasteiger partial charge in [-0.05, 0) is 43.9 Å². The lowest BCUT2D eigenvalue weighted by molar-refractivity contribution is 0.0657. The molecular weight excluding hydrogens is 294 g/mol. The van der Waals surface area contributed by atoms with Crippen molar-refractivity contribution < 1.29 is 4.74 Å². The Morgan fingerprint density at radius 3 is 2.85 bits per heavy atom. The Labute approximate surface area is 127 Å². The summed E-state index contributed by atoms with van der Waals surface area (Å²) in [5.74, 6) is 0.848. The first-order chi connectivity index (χ1) is 9.59. The van der Waals surface area contributed by atoms with Crippen LogP contribution in [0.25, 0.3) is 10.2 Å². The van der Waals surface area contributed by atoms with Crippen LogP contribution in [0.3, 0.4) is 0 Å². The number of fused-ring (bicyclic) bond motifs is 1. The van der Waals surface area contributed by atoms with Gasteiger partial charge in [-0.25, -0.2) is 9.97 Å². The quantitative estimate of drug-likeness (QED) is 0.874. The molecule has 0 aliphatic carbocycles. The highest BCUT2D eigenvalue weighted by Gasteiger charge is 2.28. The summed E-state index contributed by atoms with van der Waals surface area (Å²) in [6.07, 6.45) is 2.95. The number of aryl methyl sites for hydroxylation is 1. The van der Waals surface area contributed by atoms with Gasteiger partial charge in [-0.15, -0.1) is 11.3 Å². The largest absolute Gasteiger partial charge is 0.381 e. The molecule has 1 aliphatic rings. The fourth-order valence-electron chi connectivity index (χ4n) is 2.45. The Morgan fingerprint density at radius 2 is 2.15 bits per heavy atom. The van der Waals surface area contributed by atoms with Crippen molar-refractivity contribution >= 4 is 39.0 Å². The molecule has 3 heterocycles. The van der Waals surface area contributed by atoms with E-state index in [1.165, 1.54) is 4.88 Å². The standard InChI is InChI=1S/C14H18ClN3OS/c1-3-9-8-10-11(16-13(15)17-12(10)20-9)18-14(2)4-6-19-7-5-14/h8H,3-7H2,1-2H3,(H,16,17,18). The maximum Gasteiger partial charge on any atom is 0.225 e. The molecule has 6 heteroatoms. The predicted octanol–water partition coefficient (Wildman–Crippen LogP) is 3.89. The first-order valence-electron chi connectivity index (χ1n) is 6.91. The van der Waals surface area contributed by atoms with Crippen molar-refractivity contribution in [2.75, 3.05) is 18.5 Å². The highest BCUT2D eigenvalue weighted by Crippen LogP contribution is 2.33. The van der Waals surface area contributed by atoms with E-state index in [-0.39, 0.29) is 5.54 Å². The second-order valence-electron chi connectivity index (χ2n) is 5.42. The number of hydrogen-bond acceptors (Lipinski definition) is 5. The molecule has 0 bridgehead atoms. The fourth-order valence-corrected chi connectivity index (χ4v) is 3.63. The number of halogens is 1. The Hall–Kier alpha value is -0.910. The molecule has 1 saturated heterocycles. The number of nitrogens with one attached hydrogen (secondary N) is 1. The number of ether oxygens (including phenoxy) is 1. The molecule has 0 spiro atoms. The van der Waals surface area contributed by atoms with Crippen molar-refractivity contribution in [3.63, 3.8) is 0 Å². The number of hydrogen-bond donors (Lipinski definition) is 1. The van der Waals surface area contributed by atoms with E-state index in [1.807, 2.05) is 0 Å². The van der Waals surface area contributed by atoms with Gasteiger partial charge in [-0.2, -0.15) is 0 Å². The Bertz CT molecular complexity index is 622. The van der Waals surface area contributed by atoms with E-state index < -0.39 is 0 Å². The maximum atomic E-state index is 6.06. The maximum absolute atomic E-state index is 6.06. The molecule has 2 aromatic rings. The summed E-state index contributed by atoms with van der Waals surface area (Å²) in [5, 5.41) is 4.95. The zero-order valence-electron chi connectivity index (χ0n) is 11.7. The summed E-state index contributed by atoms with van der Waals surface area (Å²) in [6.45, 7) is 5.93. The molecule has 1 fully saturated rings. The zero-order chi connectivity index (χ0) is 14.2. The molecule has 0 unspecified atom stereocenters. The fraction of sp³-hybridized carbons (Fsp3) is 0.571. The van der Waals surface area contributed by atoms with Gasteiger partial charge in [0.25, 0.3) is 0 Å².